The lowest BCUT2D eigenvalue weighted by Gasteiger charge is -2.18. The van der Waals surface area contributed by atoms with Crippen molar-refractivity contribution >= 4 is 151 Å². The SMILES string of the molecule is C.C.C.C.C.C=P(C)(C)CC[C@H]1O[C@@H](n2cnc3c(NC)ccnc32)[C@H](O)[C@@H]1O.C=P(C)(C)CC[C@H]1O[C@@H](n2cnc3c(NCC)ncnc32)[C@H](O)[C@@H]1O.C=P(C)(C)CC[C@H]1O[C@@H](n2cnc3c(NCCC)ncnc32)[C@H](O)[C@@H]1O.C=P(C)(C)CC[C@H]1O[C@@H](n2cnc3c(NCCCC)ncnc32)[C@H](O)[C@@H]1O.C=P(C)(C)CC[C@H]1O[C@@H](n2cnc3c(NCCCOCCOCCOCCOCCOCCCN)ncnc32)[C@H](O)[C@@H]1O. The molecule has 5 fully saturated rings. The predicted octanol–water partition coefficient (Wildman–Crippen LogP) is 9.25. The third-order valence-electron chi connectivity index (χ3n) is 24.8. The fraction of sp³-hybridized carbons (Fsp3) is 0.690. The Bertz CT molecular complexity index is 5900. The average molecular weight is 2210 g/mol. The molecule has 15 rings (SSSR count). The molecule has 0 amide bonds. The van der Waals surface area contributed by atoms with Gasteiger partial charge in [-0.2, -0.15) is 0 Å². The van der Waals surface area contributed by atoms with E-state index in [-0.39, 0.29) is 37.1 Å². The molecule has 0 saturated carbocycles. The van der Waals surface area contributed by atoms with Crippen molar-refractivity contribution < 1.29 is 98.4 Å². The summed E-state index contributed by atoms with van der Waals surface area (Å²) in [5.41, 5.74) is 12.2. The number of fused-ring (bicyclic) bond motifs is 5. The number of rotatable bonds is 50. The lowest BCUT2D eigenvalue weighted by Crippen LogP contribution is -2.31. The normalized spacial score (nSPS) is 24.2. The van der Waals surface area contributed by atoms with Crippen LogP contribution in [0.25, 0.3) is 55.8 Å². The molecule has 0 radical (unpaired) electrons. The van der Waals surface area contributed by atoms with E-state index in [0.29, 0.717) is 197 Å². The second kappa shape index (κ2) is 61.8. The van der Waals surface area contributed by atoms with E-state index in [9.17, 15) is 51.1 Å². The number of hydrogen-bond acceptors (Lipinski definition) is 40. The predicted molar refractivity (Wildman–Crippen MR) is 616 cm³/mol. The number of unbranched alkanes of at least 4 members (excludes halogenated alkanes) is 1. The summed E-state index contributed by atoms with van der Waals surface area (Å²) in [5.74, 6) is 2.55. The van der Waals surface area contributed by atoms with E-state index < -0.39 is 157 Å². The largest absolute Gasteiger partial charge is 0.388 e. The molecule has 45 nitrogen and oxygen atoms in total. The molecule has 15 heterocycles. The van der Waals surface area contributed by atoms with Gasteiger partial charge in [0.15, 0.2) is 105 Å². The minimum atomic E-state index is -1.27. The van der Waals surface area contributed by atoms with Crippen LogP contribution in [0.3, 0.4) is 0 Å². The summed E-state index contributed by atoms with van der Waals surface area (Å²) in [5, 5.41) is 121. The van der Waals surface area contributed by atoms with Crippen molar-refractivity contribution in [3.8, 4) is 0 Å². The van der Waals surface area contributed by atoms with Gasteiger partial charge in [-0.1, -0.05) is 57.4 Å². The van der Waals surface area contributed by atoms with Gasteiger partial charge in [-0.05, 0) is 175 Å². The number of nitrogens with zero attached hydrogens (tertiary/aromatic N) is 19. The minimum absolute atomic E-state index is 0. The number of anilines is 5. The molecule has 0 spiro atoms. The quantitative estimate of drug-likeness (QED) is 0.0125. The van der Waals surface area contributed by atoms with E-state index in [1.54, 1.807) is 60.7 Å². The molecule has 5 aliphatic heterocycles. The number of imidazole rings is 5. The van der Waals surface area contributed by atoms with Crippen molar-refractivity contribution in [2.45, 2.75) is 245 Å². The van der Waals surface area contributed by atoms with E-state index in [1.165, 1.54) is 25.3 Å². The van der Waals surface area contributed by atoms with Gasteiger partial charge in [0, 0.05) is 52.6 Å². The van der Waals surface area contributed by atoms with Crippen LogP contribution >= 0.6 is 34.4 Å². The second-order valence-electron chi connectivity index (χ2n) is 40.3. The summed E-state index contributed by atoms with van der Waals surface area (Å²) >= 11 is 0. The van der Waals surface area contributed by atoms with Crippen LogP contribution in [0.15, 0.2) is 69.2 Å². The third-order valence-corrected chi connectivity index (χ3v) is 32.1. The number of aliphatic hydroxyl groups excluding tert-OH is 10. The van der Waals surface area contributed by atoms with Gasteiger partial charge >= 0.3 is 0 Å². The van der Waals surface area contributed by atoms with Crippen LogP contribution < -0.4 is 32.3 Å². The summed E-state index contributed by atoms with van der Waals surface area (Å²) in [6, 6.07) is 1.84. The van der Waals surface area contributed by atoms with Gasteiger partial charge in [0.25, 0.3) is 0 Å². The topological polar surface area (TPSA) is 586 Å². The summed E-state index contributed by atoms with van der Waals surface area (Å²) in [6.07, 6.45) is 33.2. The lowest BCUT2D eigenvalue weighted by atomic mass is 10.1. The number of ether oxygens (including phenoxy) is 10. The number of aromatic nitrogens is 19. The standard InChI is InChI=1S/C28H51N6O8P.C18H30N5O3P.C17H28N5O3P.C16H26N5O3P.C16H25N4O3P.5CH4/c1-43(2,3)19-6-22-24(35)25(36)28(42-22)34-21-33-23-26(31-20-32-27(23)34)30-8-5-10-38-12-14-40-16-18-41-17-15-39-13-11-37-9-4-7-29;1-5-6-8-19-16-13-17(21-10-20-16)23(11-22-13)18-15(25)14(24)12(26-18)7-9-27(2,3)4;1-5-7-18-15-12-16(20-9-19-15)22(10-21-12)17-14(24)13(23)11(25-17)6-8-26(2,3)4;1-5-17-14-11-15(19-8-18-14)21(9-20-11)16-13(23)12(22)10(24-16)6-7-25(2,3)4;1-17-10-5-7-18-15-12(10)19-9-20(15)16-14(22)13(21)11(23-16)6-8-24(2,3)4;;;;;/h20-22,24-25,28,35-36H,1,4-19,29H2,2-3H3,(H,30,31,32);10-12,14-15,18,24-25H,2,5-9H2,1,3-4H3,(H,19,20,21);9-11,13-14,17,23-24H,2,5-8H2,1,3-4H3,(H,18,19,20);8-10,12-13,16,22-23H,2,5-7H2,1,3-4H3,(H,17,18,19);5,7,9,11,13-14,16,21-22H,2,6,8H2,1,3-4H3,(H,17,18);5*1H4/t22-,24-,25-,28-;12-,14-,15-,18-;11-,13-,14-,17-;10-,12-,13-,16-;11-,13-,14-,16-;;;;;/m11111...../s1. The van der Waals surface area contributed by atoms with Gasteiger partial charge in [0.1, 0.15) is 91.9 Å². The second-order valence-corrected chi connectivity index (χ2v) is 61.9. The first-order chi connectivity index (χ1) is 69.1. The highest BCUT2D eigenvalue weighted by Gasteiger charge is 2.50. The zero-order valence-electron chi connectivity index (χ0n) is 86.5. The van der Waals surface area contributed by atoms with E-state index in [4.69, 9.17) is 53.1 Å². The van der Waals surface area contributed by atoms with Crippen LogP contribution in [0.1, 0.15) is 153 Å². The van der Waals surface area contributed by atoms with E-state index >= 15 is 0 Å². The summed E-state index contributed by atoms with van der Waals surface area (Å²) in [7, 11) is 1.82. The molecular weight excluding hydrogens is 2030 g/mol. The Hall–Kier alpha value is -7.52. The first-order valence-corrected chi connectivity index (χ1v) is 65.0. The Morgan fingerprint density at radius 1 is 0.313 bits per heavy atom. The number of aliphatic hydroxyl groups is 10. The summed E-state index contributed by atoms with van der Waals surface area (Å²) in [6.45, 7) is 30.5. The maximum atomic E-state index is 10.7. The molecule has 0 unspecified atom stereocenters. The highest BCUT2D eigenvalue weighted by atomic mass is 31.2. The van der Waals surface area contributed by atoms with Crippen molar-refractivity contribution in [2.24, 2.45) is 5.73 Å². The third kappa shape index (κ3) is 36.8. The molecule has 50 heteroatoms. The van der Waals surface area contributed by atoms with Crippen LogP contribution in [0.4, 0.5) is 29.0 Å². The van der Waals surface area contributed by atoms with Gasteiger partial charge in [0.2, 0.25) is 0 Å². The molecule has 850 valence electrons. The van der Waals surface area contributed by atoms with Crippen molar-refractivity contribution in [1.82, 2.24) is 92.6 Å². The van der Waals surface area contributed by atoms with Crippen molar-refractivity contribution in [3.05, 3.63) is 69.2 Å². The van der Waals surface area contributed by atoms with E-state index in [0.717, 1.165) is 81.7 Å². The highest BCUT2D eigenvalue weighted by Crippen LogP contribution is 2.47. The fourth-order valence-electron chi connectivity index (χ4n) is 16.7. The zero-order valence-corrected chi connectivity index (χ0v) is 91.0. The summed E-state index contributed by atoms with van der Waals surface area (Å²) in [4.78, 5) is 60.6. The molecule has 0 bridgehead atoms. The number of nitrogens with two attached hydrogens (primary N) is 1. The van der Waals surface area contributed by atoms with Crippen molar-refractivity contribution in [3.63, 3.8) is 0 Å². The maximum absolute atomic E-state index is 10.7. The summed E-state index contributed by atoms with van der Waals surface area (Å²) < 4.78 is 65.8. The highest BCUT2D eigenvalue weighted by molar-refractivity contribution is 7.73. The van der Waals surface area contributed by atoms with Gasteiger partial charge in [0.05, 0.1) is 121 Å². The Morgan fingerprint density at radius 2 is 0.560 bits per heavy atom. The van der Waals surface area contributed by atoms with Crippen LogP contribution in [0, 0.1) is 0 Å². The van der Waals surface area contributed by atoms with Crippen LogP contribution in [-0.2, 0) is 47.4 Å². The molecule has 0 aromatic carbocycles. The molecule has 150 heavy (non-hydrogen) atoms. The molecule has 5 aliphatic rings. The smallest absolute Gasteiger partial charge is 0.167 e. The van der Waals surface area contributed by atoms with E-state index in [1.807, 2.05) is 20.0 Å². The number of nitrogens with one attached hydrogen (secondary N) is 5. The van der Waals surface area contributed by atoms with Gasteiger partial charge in [-0.3, -0.25) is 22.8 Å². The molecule has 20 atom stereocenters. The Labute approximate surface area is 886 Å². The van der Waals surface area contributed by atoms with Gasteiger partial charge in [-0.15, -0.1) is 65.9 Å². The van der Waals surface area contributed by atoms with Gasteiger partial charge < -0.3 is 131 Å². The first kappa shape index (κ1) is 131. The van der Waals surface area contributed by atoms with Gasteiger partial charge in [-0.25, -0.2) is 69.8 Å². The minimum Gasteiger partial charge on any atom is -0.388 e. The van der Waals surface area contributed by atoms with Crippen molar-refractivity contribution in [2.75, 3.05) is 230 Å². The molecule has 10 aromatic heterocycles. The number of hydrogen-bond donors (Lipinski definition) is 16. The van der Waals surface area contributed by atoms with Crippen LogP contribution in [0.2, 0.25) is 0 Å². The molecular formula is C100H180N25O20P5. The van der Waals surface area contributed by atoms with Crippen molar-refractivity contribution in [1.29, 1.82) is 0 Å². The van der Waals surface area contributed by atoms with Crippen LogP contribution in [0.5, 0.6) is 0 Å². The van der Waals surface area contributed by atoms with Crippen LogP contribution in [-0.4, -0.2) is 470 Å². The average Bonchev–Trinajstić information content (AvgIpc) is 1.65. The Balaban J connectivity index is 0.000000289. The Kier molecular flexibility index (Phi) is 54.1. The first-order valence-electron chi connectivity index (χ1n) is 49.8. The Morgan fingerprint density at radius 3 is 0.813 bits per heavy atom. The maximum Gasteiger partial charge on any atom is 0.167 e. The lowest BCUT2D eigenvalue weighted by molar-refractivity contribution is -0.0353. The van der Waals surface area contributed by atoms with E-state index in [2.05, 4.69) is 208 Å². The number of pyridine rings is 1. The molecule has 5 saturated heterocycles. The fourth-order valence-corrected chi connectivity index (χ4v) is 21.5. The molecule has 10 aromatic rings. The monoisotopic (exact) mass is 2210 g/mol. The molecule has 0 aliphatic carbocycles. The molecule has 17 N–H and O–H groups in total. The zero-order chi connectivity index (χ0) is 105.